The first kappa shape index (κ1) is 20.9. The number of rotatable bonds is 8. The third kappa shape index (κ3) is 5.61. The van der Waals surface area contributed by atoms with E-state index < -0.39 is 10.9 Å². The Bertz CT molecular complexity index is 1030. The van der Waals surface area contributed by atoms with E-state index in [1.807, 2.05) is 26.2 Å². The molecule has 0 atom stereocenters. The molecule has 11 heteroatoms. The van der Waals surface area contributed by atoms with Gasteiger partial charge in [-0.25, -0.2) is 9.78 Å². The molecule has 0 N–H and O–H groups in total. The maximum absolute atomic E-state index is 12.6. The van der Waals surface area contributed by atoms with Gasteiger partial charge in [-0.2, -0.15) is 4.98 Å². The molecule has 0 aliphatic carbocycles. The van der Waals surface area contributed by atoms with Gasteiger partial charge in [0.1, 0.15) is 0 Å². The van der Waals surface area contributed by atoms with Crippen LogP contribution in [0, 0.1) is 23.0 Å². The van der Waals surface area contributed by atoms with Crippen LogP contribution in [0.3, 0.4) is 0 Å². The van der Waals surface area contributed by atoms with Gasteiger partial charge in [0, 0.05) is 34.5 Å². The summed E-state index contributed by atoms with van der Waals surface area (Å²) in [5.41, 5.74) is 0.740. The standard InChI is InChI=1S/C18H18N4O5S2/c1-10(2)6-15-20-16(27-21-15)8-26-17(23)13-7-12(22(24)25)4-5-14(13)29-18-19-11(3)9-28-18/h4-5,7,9-10H,6,8H2,1-3H3. The number of hydrogen-bond donors (Lipinski definition) is 0. The lowest BCUT2D eigenvalue weighted by Gasteiger charge is -2.07. The van der Waals surface area contributed by atoms with E-state index in [-0.39, 0.29) is 23.7 Å². The molecule has 1 aromatic carbocycles. The van der Waals surface area contributed by atoms with Crippen molar-refractivity contribution >= 4 is 34.8 Å². The minimum absolute atomic E-state index is 0.0824. The minimum atomic E-state index is -0.715. The first-order chi connectivity index (χ1) is 13.8. The van der Waals surface area contributed by atoms with Crippen molar-refractivity contribution in [2.24, 2.45) is 5.92 Å². The fourth-order valence-corrected chi connectivity index (χ4v) is 4.25. The molecule has 29 heavy (non-hydrogen) atoms. The van der Waals surface area contributed by atoms with E-state index in [9.17, 15) is 14.9 Å². The van der Waals surface area contributed by atoms with Crippen molar-refractivity contribution in [3.63, 3.8) is 0 Å². The van der Waals surface area contributed by atoms with Crippen molar-refractivity contribution in [3.8, 4) is 0 Å². The number of thiazole rings is 1. The van der Waals surface area contributed by atoms with Gasteiger partial charge in [0.15, 0.2) is 16.8 Å². The van der Waals surface area contributed by atoms with E-state index in [1.54, 1.807) is 0 Å². The highest BCUT2D eigenvalue weighted by molar-refractivity contribution is 8.01. The summed E-state index contributed by atoms with van der Waals surface area (Å²) >= 11 is 2.67. The number of carbonyl (C=O) groups excluding carboxylic acids is 1. The Kier molecular flexibility index (Phi) is 6.60. The number of nitrogens with zero attached hydrogens (tertiary/aromatic N) is 4. The van der Waals surface area contributed by atoms with Crippen LogP contribution in [0.1, 0.15) is 41.6 Å². The highest BCUT2D eigenvalue weighted by Gasteiger charge is 2.21. The summed E-state index contributed by atoms with van der Waals surface area (Å²) in [6.07, 6.45) is 0.649. The second kappa shape index (κ2) is 9.14. The van der Waals surface area contributed by atoms with Gasteiger partial charge < -0.3 is 9.26 Å². The Labute approximate surface area is 174 Å². The van der Waals surface area contributed by atoms with Gasteiger partial charge in [0.05, 0.1) is 10.5 Å². The third-order valence-electron chi connectivity index (χ3n) is 3.62. The van der Waals surface area contributed by atoms with Gasteiger partial charge in [0.25, 0.3) is 11.6 Å². The molecule has 152 valence electrons. The van der Waals surface area contributed by atoms with Gasteiger partial charge in [-0.3, -0.25) is 10.1 Å². The van der Waals surface area contributed by atoms with E-state index in [0.717, 1.165) is 10.0 Å². The number of benzene rings is 1. The van der Waals surface area contributed by atoms with Crippen LogP contribution in [0.15, 0.2) is 37.3 Å². The van der Waals surface area contributed by atoms with E-state index in [1.165, 1.54) is 41.3 Å². The lowest BCUT2D eigenvalue weighted by molar-refractivity contribution is -0.384. The van der Waals surface area contributed by atoms with E-state index in [0.29, 0.717) is 23.1 Å². The summed E-state index contributed by atoms with van der Waals surface area (Å²) in [5.74, 6) is 0.357. The van der Waals surface area contributed by atoms with Crippen LogP contribution in [0.5, 0.6) is 0 Å². The van der Waals surface area contributed by atoms with Crippen LogP contribution in [0.25, 0.3) is 0 Å². The van der Waals surface area contributed by atoms with Gasteiger partial charge in [-0.1, -0.05) is 30.8 Å². The number of aryl methyl sites for hydroxylation is 1. The second-order valence-electron chi connectivity index (χ2n) is 6.57. The van der Waals surface area contributed by atoms with Gasteiger partial charge in [-0.05, 0) is 18.9 Å². The molecule has 0 aliphatic rings. The fraction of sp³-hybridized carbons (Fsp3) is 0.333. The smallest absolute Gasteiger partial charge is 0.340 e. The summed E-state index contributed by atoms with van der Waals surface area (Å²) in [7, 11) is 0. The zero-order chi connectivity index (χ0) is 21.0. The summed E-state index contributed by atoms with van der Waals surface area (Å²) in [6, 6.07) is 4.06. The maximum Gasteiger partial charge on any atom is 0.340 e. The van der Waals surface area contributed by atoms with Crippen molar-refractivity contribution in [2.45, 2.75) is 43.0 Å². The molecule has 0 amide bonds. The van der Waals surface area contributed by atoms with Gasteiger partial charge in [0.2, 0.25) is 0 Å². The molecule has 0 saturated heterocycles. The number of aromatic nitrogens is 3. The first-order valence-electron chi connectivity index (χ1n) is 8.69. The Morgan fingerprint density at radius 3 is 2.83 bits per heavy atom. The molecule has 0 spiro atoms. The lowest BCUT2D eigenvalue weighted by Crippen LogP contribution is -2.08. The zero-order valence-electron chi connectivity index (χ0n) is 15.9. The molecular formula is C18H18N4O5S2. The van der Waals surface area contributed by atoms with E-state index in [2.05, 4.69) is 15.1 Å². The minimum Gasteiger partial charge on any atom is -0.452 e. The molecule has 3 aromatic rings. The Balaban J connectivity index is 1.77. The predicted molar refractivity (Wildman–Crippen MR) is 106 cm³/mol. The van der Waals surface area contributed by atoms with Crippen molar-refractivity contribution in [1.29, 1.82) is 0 Å². The third-order valence-corrected chi connectivity index (χ3v) is 5.75. The molecule has 0 fully saturated rings. The number of nitro groups is 1. The second-order valence-corrected chi connectivity index (χ2v) is 8.72. The molecule has 0 saturated carbocycles. The molecule has 2 aromatic heterocycles. The molecule has 0 unspecified atom stereocenters. The monoisotopic (exact) mass is 434 g/mol. The van der Waals surface area contributed by atoms with Crippen molar-refractivity contribution in [2.75, 3.05) is 0 Å². The predicted octanol–water partition coefficient (Wildman–Crippen LogP) is 4.45. The molecule has 0 radical (unpaired) electrons. The highest BCUT2D eigenvalue weighted by atomic mass is 32.2. The molecular weight excluding hydrogens is 416 g/mol. The molecule has 3 rings (SSSR count). The molecule has 0 aliphatic heterocycles. The number of esters is 1. The van der Waals surface area contributed by atoms with Gasteiger partial charge >= 0.3 is 5.97 Å². The van der Waals surface area contributed by atoms with Crippen LogP contribution >= 0.6 is 23.1 Å². The summed E-state index contributed by atoms with van der Waals surface area (Å²) in [5, 5.41) is 16.8. The van der Waals surface area contributed by atoms with Crippen LogP contribution in [0.4, 0.5) is 5.69 Å². The first-order valence-corrected chi connectivity index (χ1v) is 10.4. The molecule has 2 heterocycles. The van der Waals surface area contributed by atoms with Gasteiger partial charge in [-0.15, -0.1) is 11.3 Å². The average molecular weight is 434 g/mol. The average Bonchev–Trinajstić information content (AvgIpc) is 3.28. The number of non-ortho nitro benzene ring substituents is 1. The van der Waals surface area contributed by atoms with E-state index in [4.69, 9.17) is 9.26 Å². The number of carbonyl (C=O) groups is 1. The fourth-order valence-electron chi connectivity index (χ4n) is 2.36. The van der Waals surface area contributed by atoms with Crippen LogP contribution < -0.4 is 0 Å². The highest BCUT2D eigenvalue weighted by Crippen LogP contribution is 2.34. The zero-order valence-corrected chi connectivity index (χ0v) is 17.6. The lowest BCUT2D eigenvalue weighted by atomic mass is 10.1. The topological polar surface area (TPSA) is 121 Å². The summed E-state index contributed by atoms with van der Waals surface area (Å²) in [6.45, 7) is 5.71. The Morgan fingerprint density at radius 1 is 1.38 bits per heavy atom. The van der Waals surface area contributed by atoms with Crippen LogP contribution in [0.2, 0.25) is 0 Å². The van der Waals surface area contributed by atoms with Crippen molar-refractivity contribution in [3.05, 3.63) is 56.7 Å². The molecule has 9 nitrogen and oxygen atoms in total. The van der Waals surface area contributed by atoms with Crippen LogP contribution in [-0.2, 0) is 17.8 Å². The number of ether oxygens (including phenoxy) is 1. The van der Waals surface area contributed by atoms with Crippen LogP contribution in [-0.4, -0.2) is 26.0 Å². The Hall–Kier alpha value is -2.79. The van der Waals surface area contributed by atoms with Crippen molar-refractivity contribution < 1.29 is 19.0 Å². The van der Waals surface area contributed by atoms with E-state index >= 15 is 0 Å². The normalized spacial score (nSPS) is 11.0. The molecule has 0 bridgehead atoms. The van der Waals surface area contributed by atoms with Crippen molar-refractivity contribution in [1.82, 2.24) is 15.1 Å². The maximum atomic E-state index is 12.6. The number of nitro benzene ring substituents is 1. The summed E-state index contributed by atoms with van der Waals surface area (Å²) < 4.78 is 11.1. The quantitative estimate of drug-likeness (QED) is 0.287. The summed E-state index contributed by atoms with van der Waals surface area (Å²) in [4.78, 5) is 32.2. The number of hydrogen-bond acceptors (Lipinski definition) is 10. The Morgan fingerprint density at radius 2 is 2.17 bits per heavy atom. The SMILES string of the molecule is Cc1csc(Sc2ccc([N+](=O)[O-])cc2C(=O)OCc2nc(CC(C)C)no2)n1. The largest absolute Gasteiger partial charge is 0.452 e.